The highest BCUT2D eigenvalue weighted by Crippen LogP contribution is 2.38. The van der Waals surface area contributed by atoms with Gasteiger partial charge in [-0.25, -0.2) is 0 Å². The van der Waals surface area contributed by atoms with Gasteiger partial charge in [0.25, 0.3) is 0 Å². The maximum Gasteiger partial charge on any atom is 0.416 e. The van der Waals surface area contributed by atoms with Gasteiger partial charge in [0.15, 0.2) is 0 Å². The van der Waals surface area contributed by atoms with Crippen molar-refractivity contribution in [3.8, 4) is 0 Å². The average molecular weight is 599 g/mol. The van der Waals surface area contributed by atoms with Gasteiger partial charge in [-0.3, -0.25) is 9.59 Å². The van der Waals surface area contributed by atoms with E-state index in [-0.39, 0.29) is 36.1 Å². The van der Waals surface area contributed by atoms with Crippen LogP contribution < -0.4 is 10.6 Å². The van der Waals surface area contributed by atoms with Crippen LogP contribution >= 0.6 is 0 Å². The zero-order chi connectivity index (χ0) is 30.7. The number of anilines is 2. The summed E-state index contributed by atoms with van der Waals surface area (Å²) in [5, 5.41) is 4.93. The Kier molecular flexibility index (Phi) is 9.87. The van der Waals surface area contributed by atoms with Crippen LogP contribution in [0.4, 0.5) is 37.7 Å². The van der Waals surface area contributed by atoms with Crippen LogP contribution in [-0.2, 0) is 21.9 Å². The van der Waals surface area contributed by atoms with Gasteiger partial charge in [0.1, 0.15) is 0 Å². The minimum absolute atomic E-state index is 0.00944. The number of halogens is 6. The Labute approximate surface area is 241 Å². The van der Waals surface area contributed by atoms with E-state index < -0.39 is 35.3 Å². The van der Waals surface area contributed by atoms with E-state index >= 15 is 0 Å². The smallest absolute Gasteiger partial charge is 0.326 e. The summed E-state index contributed by atoms with van der Waals surface area (Å²) in [6.45, 7) is 3.01. The van der Waals surface area contributed by atoms with Crippen LogP contribution in [-0.4, -0.2) is 61.9 Å². The topological polar surface area (TPSA) is 64.7 Å². The number of amides is 2. The number of benzene rings is 2. The molecule has 0 atom stereocenters. The highest BCUT2D eigenvalue weighted by molar-refractivity contribution is 5.97. The molecule has 2 aromatic carbocycles. The highest BCUT2D eigenvalue weighted by Gasteiger charge is 2.34. The van der Waals surface area contributed by atoms with Crippen LogP contribution in [0.25, 0.3) is 0 Å². The lowest BCUT2D eigenvalue weighted by atomic mass is 9.88. The molecule has 0 unspecified atom stereocenters. The van der Waals surface area contributed by atoms with Crippen molar-refractivity contribution in [2.45, 2.75) is 62.7 Å². The van der Waals surface area contributed by atoms with Gasteiger partial charge in [-0.1, -0.05) is 0 Å². The number of piperidine rings is 2. The molecule has 0 spiro atoms. The van der Waals surface area contributed by atoms with Crippen LogP contribution in [0, 0.1) is 0 Å². The molecule has 42 heavy (non-hydrogen) atoms. The summed E-state index contributed by atoms with van der Waals surface area (Å²) >= 11 is 0. The molecule has 2 heterocycles. The van der Waals surface area contributed by atoms with Gasteiger partial charge in [-0.15, -0.1) is 0 Å². The number of nitrogens with one attached hydrogen (secondary N) is 2. The largest absolute Gasteiger partial charge is 0.416 e. The normalized spacial score (nSPS) is 18.2. The van der Waals surface area contributed by atoms with Crippen molar-refractivity contribution >= 4 is 23.2 Å². The number of nitrogens with zero attached hydrogens (tertiary/aromatic N) is 2. The first-order valence-corrected chi connectivity index (χ1v) is 14.1. The monoisotopic (exact) mass is 598 g/mol. The maximum absolute atomic E-state index is 13.6. The van der Waals surface area contributed by atoms with E-state index in [1.807, 2.05) is 14.1 Å². The van der Waals surface area contributed by atoms with Crippen LogP contribution in [0.1, 0.15) is 72.6 Å². The van der Waals surface area contributed by atoms with Crippen molar-refractivity contribution in [1.82, 2.24) is 9.80 Å². The summed E-state index contributed by atoms with van der Waals surface area (Å²) in [5.41, 5.74) is -0.754. The zero-order valence-electron chi connectivity index (χ0n) is 23.7. The predicted octanol–water partition coefficient (Wildman–Crippen LogP) is 6.70. The molecule has 4 rings (SSSR count). The van der Waals surface area contributed by atoms with E-state index in [1.165, 1.54) is 12.1 Å². The van der Waals surface area contributed by atoms with Gasteiger partial charge in [0.05, 0.1) is 11.1 Å². The van der Waals surface area contributed by atoms with Gasteiger partial charge < -0.3 is 20.4 Å². The molecule has 0 aromatic heterocycles. The van der Waals surface area contributed by atoms with E-state index in [9.17, 15) is 35.9 Å². The molecule has 230 valence electrons. The summed E-state index contributed by atoms with van der Waals surface area (Å²) in [4.78, 5) is 29.4. The summed E-state index contributed by atoms with van der Waals surface area (Å²) in [6.07, 6.45) is -7.13. The summed E-state index contributed by atoms with van der Waals surface area (Å²) < 4.78 is 81.6. The molecule has 0 bridgehead atoms. The van der Waals surface area contributed by atoms with Gasteiger partial charge >= 0.3 is 12.4 Å². The average Bonchev–Trinajstić information content (AvgIpc) is 2.91. The van der Waals surface area contributed by atoms with Crippen LogP contribution in [0.5, 0.6) is 0 Å². The second-order valence-corrected chi connectivity index (χ2v) is 11.4. The molecule has 0 radical (unpaired) electrons. The number of carbonyl (C=O) groups is 2. The molecule has 2 aliphatic rings. The standard InChI is InChI=1S/C30H36F6N4O2/c1-39-9-5-19(6-10-39)21-13-23(29(31,32)33)17-25(15-21)37-27(41)3-4-28(42)38-26-16-22(14-24(18-26)30(34,35)36)20-7-11-40(2)12-8-20/h13-20H,3-12H2,1-2H3,(H,37,41)(H,38,42). The molecular weight excluding hydrogens is 562 g/mol. The third-order valence-electron chi connectivity index (χ3n) is 8.09. The predicted molar refractivity (Wildman–Crippen MR) is 148 cm³/mol. The molecule has 2 saturated heterocycles. The third-order valence-corrected chi connectivity index (χ3v) is 8.09. The fourth-order valence-corrected chi connectivity index (χ4v) is 5.60. The summed E-state index contributed by atoms with van der Waals surface area (Å²) in [5.74, 6) is -1.49. The Morgan fingerprint density at radius 3 is 1.29 bits per heavy atom. The Bertz CT molecular complexity index is 1170. The Morgan fingerprint density at radius 2 is 0.976 bits per heavy atom. The van der Waals surface area contributed by atoms with E-state index in [1.54, 1.807) is 0 Å². The summed E-state index contributed by atoms with van der Waals surface area (Å²) in [6, 6.07) is 7.04. The molecule has 2 aliphatic heterocycles. The number of rotatable bonds is 7. The second-order valence-electron chi connectivity index (χ2n) is 11.4. The van der Waals surface area contributed by atoms with Crippen molar-refractivity contribution in [1.29, 1.82) is 0 Å². The third kappa shape index (κ3) is 8.70. The number of carbonyl (C=O) groups excluding carboxylic acids is 2. The molecule has 2 amide bonds. The van der Waals surface area contributed by atoms with Gasteiger partial charge in [0.2, 0.25) is 11.8 Å². The van der Waals surface area contributed by atoms with Gasteiger partial charge in [-0.2, -0.15) is 26.3 Å². The van der Waals surface area contributed by atoms with Gasteiger partial charge in [0, 0.05) is 24.2 Å². The molecule has 2 fully saturated rings. The fourth-order valence-electron chi connectivity index (χ4n) is 5.60. The quantitative estimate of drug-likeness (QED) is 0.348. The molecule has 2 N–H and O–H groups in total. The van der Waals surface area contributed by atoms with E-state index in [2.05, 4.69) is 20.4 Å². The lowest BCUT2D eigenvalue weighted by Crippen LogP contribution is -2.29. The molecular formula is C30H36F6N4O2. The van der Waals surface area contributed by atoms with Gasteiger partial charge in [-0.05, 0) is 125 Å². The first-order valence-electron chi connectivity index (χ1n) is 14.1. The summed E-state index contributed by atoms with van der Waals surface area (Å²) in [7, 11) is 3.90. The minimum Gasteiger partial charge on any atom is -0.326 e. The van der Waals surface area contributed by atoms with Crippen molar-refractivity contribution in [3.05, 3.63) is 58.7 Å². The van der Waals surface area contributed by atoms with E-state index in [4.69, 9.17) is 0 Å². The Hall–Kier alpha value is -3.12. The number of alkyl halides is 6. The lowest BCUT2D eigenvalue weighted by molar-refractivity contribution is -0.138. The van der Waals surface area contributed by atoms with E-state index in [0.717, 1.165) is 50.4 Å². The number of hydrogen-bond acceptors (Lipinski definition) is 4. The Morgan fingerprint density at radius 1 is 0.643 bits per heavy atom. The molecule has 6 nitrogen and oxygen atoms in total. The SMILES string of the molecule is CN1CCC(c2cc(NC(=O)CCC(=O)Nc3cc(C4CCN(C)CC4)cc(C(F)(F)F)c3)cc(C(F)(F)F)c2)CC1. The number of likely N-dealkylation sites (tertiary alicyclic amines) is 2. The zero-order valence-corrected chi connectivity index (χ0v) is 23.7. The van der Waals surface area contributed by atoms with Crippen LogP contribution in [0.2, 0.25) is 0 Å². The second kappa shape index (κ2) is 13.0. The molecule has 0 saturated carbocycles. The van der Waals surface area contributed by atoms with Crippen LogP contribution in [0.3, 0.4) is 0 Å². The lowest BCUT2D eigenvalue weighted by Gasteiger charge is -2.30. The first-order chi connectivity index (χ1) is 19.7. The molecule has 12 heteroatoms. The molecule has 0 aliphatic carbocycles. The van der Waals surface area contributed by atoms with Crippen LogP contribution in [0.15, 0.2) is 36.4 Å². The van der Waals surface area contributed by atoms with E-state index in [0.29, 0.717) is 36.8 Å². The van der Waals surface area contributed by atoms with Crippen molar-refractivity contribution in [2.24, 2.45) is 0 Å². The van der Waals surface area contributed by atoms with Crippen molar-refractivity contribution in [2.75, 3.05) is 50.9 Å². The first kappa shape index (κ1) is 31.8. The fraction of sp³-hybridized carbons (Fsp3) is 0.533. The molecule has 2 aromatic rings. The maximum atomic E-state index is 13.6. The van der Waals surface area contributed by atoms with Crippen molar-refractivity contribution < 1.29 is 35.9 Å². The highest BCUT2D eigenvalue weighted by atomic mass is 19.4. The Balaban J connectivity index is 1.41. The van der Waals surface area contributed by atoms with Crippen molar-refractivity contribution in [3.63, 3.8) is 0 Å². The minimum atomic E-state index is -4.60. The number of hydrogen-bond donors (Lipinski definition) is 2.